The van der Waals surface area contributed by atoms with Crippen molar-refractivity contribution in [1.82, 2.24) is 5.32 Å². The van der Waals surface area contributed by atoms with Crippen molar-refractivity contribution in [2.75, 3.05) is 6.61 Å². The van der Waals surface area contributed by atoms with Crippen molar-refractivity contribution in [2.24, 2.45) is 0 Å². The van der Waals surface area contributed by atoms with Crippen LogP contribution >= 0.6 is 0 Å². The fourth-order valence-corrected chi connectivity index (χ4v) is 8.84. The fourth-order valence-electron chi connectivity index (χ4n) is 8.84. The maximum absolute atomic E-state index is 12.5. The quantitative estimate of drug-likeness (QED) is 0.0421. The zero-order valence-corrected chi connectivity index (χ0v) is 44.2. The zero-order valence-electron chi connectivity index (χ0n) is 44.2. The Labute approximate surface area is 412 Å². The van der Waals surface area contributed by atoms with Crippen LogP contribution in [0.3, 0.4) is 0 Å². The van der Waals surface area contributed by atoms with Crippen molar-refractivity contribution in [3.8, 4) is 0 Å². The molecular formula is C62H113NO3. The van der Waals surface area contributed by atoms with Gasteiger partial charge in [-0.05, 0) is 64.2 Å². The first kappa shape index (κ1) is 63.8. The maximum Gasteiger partial charge on any atom is 0.220 e. The van der Waals surface area contributed by atoms with Crippen LogP contribution in [-0.2, 0) is 4.79 Å². The molecule has 384 valence electrons. The van der Waals surface area contributed by atoms with E-state index in [1.807, 2.05) is 0 Å². The van der Waals surface area contributed by atoms with Gasteiger partial charge in [0.15, 0.2) is 0 Å². The van der Waals surface area contributed by atoms with Crippen molar-refractivity contribution in [3.63, 3.8) is 0 Å². The predicted octanol–water partition coefficient (Wildman–Crippen LogP) is 19.4. The van der Waals surface area contributed by atoms with Crippen molar-refractivity contribution in [1.29, 1.82) is 0 Å². The Morgan fingerprint density at radius 3 is 1.00 bits per heavy atom. The molecule has 0 spiro atoms. The Balaban J connectivity index is 3.50. The molecule has 0 heterocycles. The predicted molar refractivity (Wildman–Crippen MR) is 294 cm³/mol. The molecule has 0 aromatic carbocycles. The van der Waals surface area contributed by atoms with E-state index in [-0.39, 0.29) is 12.5 Å². The highest BCUT2D eigenvalue weighted by atomic mass is 16.3. The Hall–Kier alpha value is -2.17. The van der Waals surface area contributed by atoms with Crippen molar-refractivity contribution in [2.45, 2.75) is 309 Å². The zero-order chi connectivity index (χ0) is 47.7. The minimum atomic E-state index is -0.669. The lowest BCUT2D eigenvalue weighted by Crippen LogP contribution is -2.45. The van der Waals surface area contributed by atoms with Crippen LogP contribution in [0, 0.1) is 0 Å². The van der Waals surface area contributed by atoms with Gasteiger partial charge in [-0.15, -0.1) is 0 Å². The molecule has 0 aliphatic heterocycles. The smallest absolute Gasteiger partial charge is 0.220 e. The van der Waals surface area contributed by atoms with E-state index < -0.39 is 12.1 Å². The van der Waals surface area contributed by atoms with Gasteiger partial charge in [0, 0.05) is 6.42 Å². The summed E-state index contributed by atoms with van der Waals surface area (Å²) < 4.78 is 0. The average Bonchev–Trinajstić information content (AvgIpc) is 3.32. The largest absolute Gasteiger partial charge is 0.394 e. The van der Waals surface area contributed by atoms with Crippen molar-refractivity contribution < 1.29 is 15.0 Å². The summed E-state index contributed by atoms with van der Waals surface area (Å²) >= 11 is 0. The molecule has 0 saturated carbocycles. The lowest BCUT2D eigenvalue weighted by atomic mass is 10.0. The van der Waals surface area contributed by atoms with Crippen molar-refractivity contribution in [3.05, 3.63) is 72.9 Å². The Bertz CT molecular complexity index is 1130. The number of carbonyl (C=O) groups is 1. The highest BCUT2D eigenvalue weighted by Crippen LogP contribution is 2.17. The van der Waals surface area contributed by atoms with Gasteiger partial charge < -0.3 is 15.5 Å². The SMILES string of the molecule is CC/C=C\C/C=C\C/C=C\C/C=C\C/C=C\C/C=C\CCCCCCCCCCC(=O)NC(CO)C(O)CCCCCCCCCCCCCCCCCCCCCCCCCCCCC. The summed E-state index contributed by atoms with van der Waals surface area (Å²) in [6.07, 6.45) is 81.8. The van der Waals surface area contributed by atoms with Crippen LogP contribution in [0.5, 0.6) is 0 Å². The normalized spacial score (nSPS) is 13.3. The summed E-state index contributed by atoms with van der Waals surface area (Å²) in [4.78, 5) is 12.5. The van der Waals surface area contributed by atoms with Crippen LogP contribution in [0.2, 0.25) is 0 Å². The number of nitrogens with one attached hydrogen (secondary N) is 1. The summed E-state index contributed by atoms with van der Waals surface area (Å²) in [7, 11) is 0. The number of rotatable bonds is 53. The third-order valence-electron chi connectivity index (χ3n) is 13.2. The van der Waals surface area contributed by atoms with Gasteiger partial charge in [0.1, 0.15) is 0 Å². The molecule has 2 atom stereocenters. The van der Waals surface area contributed by atoms with Gasteiger partial charge >= 0.3 is 0 Å². The van der Waals surface area contributed by atoms with Crippen LogP contribution in [-0.4, -0.2) is 34.9 Å². The topological polar surface area (TPSA) is 69.6 Å². The molecule has 0 fully saturated rings. The number of amides is 1. The molecular weight excluding hydrogens is 807 g/mol. The van der Waals surface area contributed by atoms with Gasteiger partial charge in [0.25, 0.3) is 0 Å². The lowest BCUT2D eigenvalue weighted by Gasteiger charge is -2.22. The lowest BCUT2D eigenvalue weighted by molar-refractivity contribution is -0.123. The van der Waals surface area contributed by atoms with E-state index in [1.54, 1.807) is 0 Å². The number of aliphatic hydroxyl groups is 2. The second-order valence-electron chi connectivity index (χ2n) is 19.7. The Morgan fingerprint density at radius 1 is 0.379 bits per heavy atom. The fraction of sp³-hybridized carbons (Fsp3) is 0.790. The molecule has 0 bridgehead atoms. The van der Waals surface area contributed by atoms with E-state index in [9.17, 15) is 15.0 Å². The van der Waals surface area contributed by atoms with Gasteiger partial charge in [-0.25, -0.2) is 0 Å². The number of hydrogen-bond donors (Lipinski definition) is 3. The van der Waals surface area contributed by atoms with Crippen LogP contribution in [0.1, 0.15) is 296 Å². The number of allylic oxidation sites excluding steroid dienone is 12. The minimum Gasteiger partial charge on any atom is -0.394 e. The van der Waals surface area contributed by atoms with Crippen LogP contribution in [0.4, 0.5) is 0 Å². The Morgan fingerprint density at radius 2 is 0.667 bits per heavy atom. The van der Waals surface area contributed by atoms with Gasteiger partial charge in [-0.3, -0.25) is 4.79 Å². The summed E-state index contributed by atoms with van der Waals surface area (Å²) in [5.74, 6) is -0.0391. The third kappa shape index (κ3) is 52.8. The minimum absolute atomic E-state index is 0.0391. The van der Waals surface area contributed by atoms with Crippen LogP contribution in [0.25, 0.3) is 0 Å². The molecule has 0 saturated heterocycles. The Kier molecular flexibility index (Phi) is 55.3. The number of carbonyl (C=O) groups excluding carboxylic acids is 1. The van der Waals surface area contributed by atoms with Gasteiger partial charge in [0.2, 0.25) is 5.91 Å². The van der Waals surface area contributed by atoms with E-state index in [0.29, 0.717) is 12.8 Å². The molecule has 0 aliphatic rings. The van der Waals surface area contributed by atoms with E-state index in [2.05, 4.69) is 92.1 Å². The van der Waals surface area contributed by atoms with Gasteiger partial charge in [0.05, 0.1) is 18.8 Å². The summed E-state index contributed by atoms with van der Waals surface area (Å²) in [6.45, 7) is 4.26. The summed E-state index contributed by atoms with van der Waals surface area (Å²) in [6, 6.07) is -0.547. The standard InChI is InChI=1S/C62H113NO3/c1-3-5-7-9-11-13-15-17-19-21-23-25-27-29-31-33-35-37-39-41-43-45-47-49-51-53-55-57-61(65)60(59-64)63-62(66)58-56-54-52-50-48-46-44-42-40-38-36-34-32-30-28-26-24-22-20-18-16-14-12-10-8-6-4-2/h6,8,12,14,18,20,24,26,30,32,36,38,60-61,64-65H,3-5,7,9-11,13,15-17,19,21-23,25,27-29,31,33-35,37,39-59H2,1-2H3,(H,63,66)/b8-6-,14-12-,20-18-,26-24-,32-30-,38-36-. The van der Waals surface area contributed by atoms with Crippen LogP contribution < -0.4 is 5.32 Å². The molecule has 0 aromatic heterocycles. The first-order valence-corrected chi connectivity index (χ1v) is 29.1. The number of hydrogen-bond acceptors (Lipinski definition) is 3. The molecule has 4 nitrogen and oxygen atoms in total. The molecule has 3 N–H and O–H groups in total. The molecule has 4 heteroatoms. The van der Waals surface area contributed by atoms with Gasteiger partial charge in [-0.2, -0.15) is 0 Å². The van der Waals surface area contributed by atoms with Crippen molar-refractivity contribution >= 4 is 5.91 Å². The first-order valence-electron chi connectivity index (χ1n) is 29.1. The maximum atomic E-state index is 12.5. The number of unbranched alkanes of at least 4 members (excludes halogenated alkanes) is 34. The molecule has 0 aliphatic carbocycles. The first-order chi connectivity index (χ1) is 32.7. The monoisotopic (exact) mass is 920 g/mol. The second-order valence-corrected chi connectivity index (χ2v) is 19.7. The molecule has 2 unspecified atom stereocenters. The highest BCUT2D eigenvalue weighted by molar-refractivity contribution is 5.76. The molecule has 0 rings (SSSR count). The van der Waals surface area contributed by atoms with E-state index in [0.717, 1.165) is 64.2 Å². The molecule has 1 amide bonds. The van der Waals surface area contributed by atoms with Crippen LogP contribution in [0.15, 0.2) is 72.9 Å². The van der Waals surface area contributed by atoms with E-state index in [1.165, 1.54) is 205 Å². The van der Waals surface area contributed by atoms with E-state index in [4.69, 9.17) is 0 Å². The van der Waals surface area contributed by atoms with Gasteiger partial charge in [-0.1, -0.05) is 299 Å². The summed E-state index contributed by atoms with van der Waals surface area (Å²) in [5.41, 5.74) is 0. The molecule has 0 radical (unpaired) electrons. The van der Waals surface area contributed by atoms with E-state index >= 15 is 0 Å². The summed E-state index contributed by atoms with van der Waals surface area (Å²) in [5, 5.41) is 23.4. The number of aliphatic hydroxyl groups excluding tert-OH is 2. The molecule has 66 heavy (non-hydrogen) atoms. The highest BCUT2D eigenvalue weighted by Gasteiger charge is 2.20. The third-order valence-corrected chi connectivity index (χ3v) is 13.2. The molecule has 0 aromatic rings. The average molecular weight is 921 g/mol. The second kappa shape index (κ2) is 57.1.